The largest absolute Gasteiger partial charge is 0.496 e. The van der Waals surface area contributed by atoms with Crippen molar-refractivity contribution < 1.29 is 28.5 Å². The Hall–Kier alpha value is -3.30. The zero-order chi connectivity index (χ0) is 25.0. The van der Waals surface area contributed by atoms with Crippen LogP contribution in [0.25, 0.3) is 0 Å². The summed E-state index contributed by atoms with van der Waals surface area (Å²) in [6.45, 7) is 10.9. The summed E-state index contributed by atoms with van der Waals surface area (Å²) in [5.41, 5.74) is 4.86. The number of nitrogens with zero attached hydrogens (tertiary/aromatic N) is 2. The summed E-state index contributed by atoms with van der Waals surface area (Å²) in [5, 5.41) is 4.16. The summed E-state index contributed by atoms with van der Waals surface area (Å²) in [4.78, 5) is 15.2. The third kappa shape index (κ3) is 7.34. The predicted octanol–water partition coefficient (Wildman–Crippen LogP) is 3.49. The quantitative estimate of drug-likeness (QED) is 0.364. The van der Waals surface area contributed by atoms with E-state index in [4.69, 9.17) is 23.7 Å². The van der Waals surface area contributed by atoms with Gasteiger partial charge in [0.15, 0.2) is 11.5 Å². The molecule has 1 aliphatic heterocycles. The van der Waals surface area contributed by atoms with Gasteiger partial charge in [0.25, 0.3) is 5.91 Å². The van der Waals surface area contributed by atoms with E-state index in [1.807, 2.05) is 39.0 Å². The Kier molecular flexibility index (Phi) is 10.2. The summed E-state index contributed by atoms with van der Waals surface area (Å²) in [6, 6.07) is 9.09. The van der Waals surface area contributed by atoms with Crippen LogP contribution in [0.15, 0.2) is 35.4 Å². The number of methoxy groups -OCH3 is 1. The molecule has 1 aliphatic rings. The monoisotopic (exact) mass is 485 g/mol. The lowest BCUT2D eigenvalue weighted by Crippen LogP contribution is -2.35. The molecular formula is C26H35N3O6. The van der Waals surface area contributed by atoms with E-state index in [9.17, 15) is 4.79 Å². The van der Waals surface area contributed by atoms with Gasteiger partial charge < -0.3 is 23.7 Å². The second kappa shape index (κ2) is 13.6. The van der Waals surface area contributed by atoms with E-state index in [-0.39, 0.29) is 5.91 Å². The molecule has 0 saturated carbocycles. The number of carbonyl (C=O) groups excluding carboxylic acids is 1. The second-order valence-electron chi connectivity index (χ2n) is 7.76. The van der Waals surface area contributed by atoms with E-state index in [0.717, 1.165) is 49.7 Å². The molecule has 1 amide bonds. The molecule has 9 nitrogen and oxygen atoms in total. The number of rotatable bonds is 12. The molecule has 0 atom stereocenters. The Labute approximate surface area is 206 Å². The van der Waals surface area contributed by atoms with E-state index in [1.165, 1.54) is 0 Å². The SMILES string of the molecule is CCOc1cc(C(=O)NN=Cc2ccc(OC)c(CN3CCOCC3)c2)cc(OCC)c1OCC. The maximum atomic E-state index is 12.8. The maximum Gasteiger partial charge on any atom is 0.271 e. The van der Waals surface area contributed by atoms with Crippen LogP contribution < -0.4 is 24.4 Å². The van der Waals surface area contributed by atoms with Crippen molar-refractivity contribution in [3.63, 3.8) is 0 Å². The summed E-state index contributed by atoms with van der Waals surface area (Å²) in [5.74, 6) is 1.84. The highest BCUT2D eigenvalue weighted by molar-refractivity contribution is 5.96. The van der Waals surface area contributed by atoms with Gasteiger partial charge >= 0.3 is 0 Å². The molecule has 0 spiro atoms. The van der Waals surface area contributed by atoms with Gasteiger partial charge in [0.1, 0.15) is 5.75 Å². The minimum Gasteiger partial charge on any atom is -0.496 e. The Balaban J connectivity index is 1.74. The molecule has 0 aromatic heterocycles. The van der Waals surface area contributed by atoms with Gasteiger partial charge in [0.05, 0.1) is 46.4 Å². The average molecular weight is 486 g/mol. The lowest BCUT2D eigenvalue weighted by molar-refractivity contribution is 0.0339. The first-order valence-corrected chi connectivity index (χ1v) is 12.0. The summed E-state index contributed by atoms with van der Waals surface area (Å²) in [7, 11) is 1.66. The molecule has 0 unspecified atom stereocenters. The predicted molar refractivity (Wildman–Crippen MR) is 134 cm³/mol. The maximum absolute atomic E-state index is 12.8. The molecule has 9 heteroatoms. The van der Waals surface area contributed by atoms with E-state index in [0.29, 0.717) is 42.6 Å². The molecule has 0 bridgehead atoms. The Morgan fingerprint density at radius 3 is 2.26 bits per heavy atom. The lowest BCUT2D eigenvalue weighted by Gasteiger charge is -2.27. The van der Waals surface area contributed by atoms with E-state index in [2.05, 4.69) is 15.4 Å². The van der Waals surface area contributed by atoms with Crippen molar-refractivity contribution in [2.45, 2.75) is 27.3 Å². The van der Waals surface area contributed by atoms with E-state index in [1.54, 1.807) is 25.5 Å². The molecule has 2 aromatic carbocycles. The summed E-state index contributed by atoms with van der Waals surface area (Å²) < 4.78 is 28.0. The highest BCUT2D eigenvalue weighted by Crippen LogP contribution is 2.39. The number of carbonyl (C=O) groups is 1. The topological polar surface area (TPSA) is 90.9 Å². The lowest BCUT2D eigenvalue weighted by atomic mass is 10.1. The van der Waals surface area contributed by atoms with Crippen molar-refractivity contribution in [2.75, 3.05) is 53.2 Å². The van der Waals surface area contributed by atoms with Gasteiger partial charge in [-0.2, -0.15) is 5.10 Å². The van der Waals surface area contributed by atoms with Crippen molar-refractivity contribution in [3.8, 4) is 23.0 Å². The van der Waals surface area contributed by atoms with Crippen LogP contribution in [0.2, 0.25) is 0 Å². The van der Waals surface area contributed by atoms with Gasteiger partial charge in [0, 0.05) is 30.8 Å². The van der Waals surface area contributed by atoms with Crippen LogP contribution in [0, 0.1) is 0 Å². The molecular weight excluding hydrogens is 450 g/mol. The number of hydrogen-bond donors (Lipinski definition) is 1. The number of hydrazone groups is 1. The number of benzene rings is 2. The average Bonchev–Trinajstić information content (AvgIpc) is 2.87. The van der Waals surface area contributed by atoms with Crippen LogP contribution in [-0.4, -0.2) is 70.3 Å². The number of amides is 1. The zero-order valence-electron chi connectivity index (χ0n) is 21.0. The third-order valence-electron chi connectivity index (χ3n) is 5.35. The van der Waals surface area contributed by atoms with Gasteiger partial charge in [-0.05, 0) is 56.7 Å². The van der Waals surface area contributed by atoms with Crippen LogP contribution in [-0.2, 0) is 11.3 Å². The molecule has 1 fully saturated rings. The summed E-state index contributed by atoms with van der Waals surface area (Å²) >= 11 is 0. The molecule has 1 heterocycles. The first-order chi connectivity index (χ1) is 17.1. The fraction of sp³-hybridized carbons (Fsp3) is 0.462. The van der Waals surface area contributed by atoms with Crippen molar-refractivity contribution in [3.05, 3.63) is 47.0 Å². The Morgan fingerprint density at radius 1 is 1.00 bits per heavy atom. The first-order valence-electron chi connectivity index (χ1n) is 12.0. The van der Waals surface area contributed by atoms with Gasteiger partial charge in [-0.1, -0.05) is 0 Å². The van der Waals surface area contributed by atoms with Gasteiger partial charge in [-0.3, -0.25) is 9.69 Å². The first kappa shape index (κ1) is 26.3. The van der Waals surface area contributed by atoms with Crippen LogP contribution in [0.4, 0.5) is 0 Å². The highest BCUT2D eigenvalue weighted by Gasteiger charge is 2.18. The standard InChI is InChI=1S/C26H35N3O6/c1-5-33-23-15-20(16-24(34-6-2)25(23)35-7-3)26(30)28-27-17-19-8-9-22(31-4)21(14-19)18-29-10-12-32-13-11-29/h8-9,14-17H,5-7,10-13,18H2,1-4H3,(H,28,30). The van der Waals surface area contributed by atoms with E-state index < -0.39 is 0 Å². The third-order valence-corrected chi connectivity index (χ3v) is 5.35. The number of nitrogens with one attached hydrogen (secondary N) is 1. The second-order valence-corrected chi connectivity index (χ2v) is 7.76. The fourth-order valence-corrected chi connectivity index (χ4v) is 3.75. The minimum absolute atomic E-state index is 0.361. The van der Waals surface area contributed by atoms with Gasteiger partial charge in [0.2, 0.25) is 5.75 Å². The molecule has 1 saturated heterocycles. The molecule has 3 rings (SSSR count). The molecule has 0 radical (unpaired) electrons. The Bertz CT molecular complexity index is 978. The zero-order valence-corrected chi connectivity index (χ0v) is 21.0. The number of ether oxygens (including phenoxy) is 5. The van der Waals surface area contributed by atoms with Crippen LogP contribution in [0.3, 0.4) is 0 Å². The van der Waals surface area contributed by atoms with E-state index >= 15 is 0 Å². The molecule has 1 N–H and O–H groups in total. The van der Waals surface area contributed by atoms with Gasteiger partial charge in [-0.15, -0.1) is 0 Å². The van der Waals surface area contributed by atoms with Crippen molar-refractivity contribution in [2.24, 2.45) is 5.10 Å². The molecule has 0 aliphatic carbocycles. The van der Waals surface area contributed by atoms with Crippen molar-refractivity contribution in [1.29, 1.82) is 0 Å². The molecule has 2 aromatic rings. The molecule has 190 valence electrons. The normalized spacial score (nSPS) is 14.1. The van der Waals surface area contributed by atoms with Crippen LogP contribution in [0.5, 0.6) is 23.0 Å². The Morgan fingerprint density at radius 2 is 1.66 bits per heavy atom. The minimum atomic E-state index is -0.381. The fourth-order valence-electron chi connectivity index (χ4n) is 3.75. The van der Waals surface area contributed by atoms with Crippen molar-refractivity contribution >= 4 is 12.1 Å². The molecule has 35 heavy (non-hydrogen) atoms. The van der Waals surface area contributed by atoms with Crippen LogP contribution >= 0.6 is 0 Å². The summed E-state index contributed by atoms with van der Waals surface area (Å²) in [6.07, 6.45) is 1.61. The van der Waals surface area contributed by atoms with Gasteiger partial charge in [-0.25, -0.2) is 5.43 Å². The smallest absolute Gasteiger partial charge is 0.271 e. The number of hydrogen-bond acceptors (Lipinski definition) is 8. The van der Waals surface area contributed by atoms with Crippen molar-refractivity contribution in [1.82, 2.24) is 10.3 Å². The van der Waals surface area contributed by atoms with Crippen LogP contribution in [0.1, 0.15) is 42.3 Å². The highest BCUT2D eigenvalue weighted by atomic mass is 16.5. The number of morpholine rings is 1.